The monoisotopic (exact) mass is 254 g/mol. The summed E-state index contributed by atoms with van der Waals surface area (Å²) in [6.07, 6.45) is 4.10. The minimum absolute atomic E-state index is 0.266. The van der Waals surface area contributed by atoms with E-state index in [4.69, 9.17) is 8.83 Å². The molecule has 3 nitrogen and oxygen atoms in total. The van der Waals surface area contributed by atoms with Crippen molar-refractivity contribution in [1.29, 1.82) is 0 Å². The van der Waals surface area contributed by atoms with E-state index in [9.17, 15) is 4.79 Å². The molecule has 0 saturated carbocycles. The minimum Gasteiger partial charge on any atom is -0.460 e. The Balaban J connectivity index is 2.23. The van der Waals surface area contributed by atoms with E-state index in [1.165, 1.54) is 0 Å². The Bertz CT molecular complexity index is 852. The Kier molecular flexibility index (Phi) is 2.13. The van der Waals surface area contributed by atoms with E-state index in [1.54, 1.807) is 0 Å². The third-order valence-corrected chi connectivity index (χ3v) is 3.96. The maximum absolute atomic E-state index is 12.2. The topological polar surface area (TPSA) is 43.4 Å². The van der Waals surface area contributed by atoms with Gasteiger partial charge in [0.15, 0.2) is 5.58 Å². The fraction of sp³-hybridized carbons (Fsp3) is 0.312. The first-order valence-corrected chi connectivity index (χ1v) is 6.72. The van der Waals surface area contributed by atoms with Crippen molar-refractivity contribution in [1.82, 2.24) is 0 Å². The molecule has 2 heterocycles. The lowest BCUT2D eigenvalue weighted by atomic mass is 9.96. The number of benzene rings is 1. The van der Waals surface area contributed by atoms with Crippen molar-refractivity contribution in [2.24, 2.45) is 0 Å². The van der Waals surface area contributed by atoms with Gasteiger partial charge in [-0.3, -0.25) is 0 Å². The number of hydrogen-bond donors (Lipinski definition) is 0. The summed E-state index contributed by atoms with van der Waals surface area (Å²) < 4.78 is 11.4. The third-order valence-electron chi connectivity index (χ3n) is 3.96. The summed E-state index contributed by atoms with van der Waals surface area (Å²) in [5, 5.41) is 1.57. The van der Waals surface area contributed by atoms with Crippen molar-refractivity contribution in [3.8, 4) is 0 Å². The molecule has 0 atom stereocenters. The zero-order valence-corrected chi connectivity index (χ0v) is 10.8. The van der Waals surface area contributed by atoms with Gasteiger partial charge in [0, 0.05) is 12.0 Å². The van der Waals surface area contributed by atoms with Crippen LogP contribution < -0.4 is 5.63 Å². The van der Waals surface area contributed by atoms with Gasteiger partial charge in [-0.05, 0) is 38.3 Å². The molecule has 0 radical (unpaired) electrons. The summed E-state index contributed by atoms with van der Waals surface area (Å²) in [6.45, 7) is 2.03. The van der Waals surface area contributed by atoms with Gasteiger partial charge in [-0.25, -0.2) is 4.79 Å². The lowest BCUT2D eigenvalue weighted by molar-refractivity contribution is 0.507. The Morgan fingerprint density at radius 1 is 1.11 bits per heavy atom. The van der Waals surface area contributed by atoms with Crippen LogP contribution in [0.25, 0.3) is 21.9 Å². The van der Waals surface area contributed by atoms with E-state index in [2.05, 4.69) is 0 Å². The largest absolute Gasteiger partial charge is 0.460 e. The van der Waals surface area contributed by atoms with Crippen molar-refractivity contribution in [2.45, 2.75) is 32.6 Å². The number of hydrogen-bond acceptors (Lipinski definition) is 3. The molecule has 0 amide bonds. The fourth-order valence-corrected chi connectivity index (χ4v) is 3.03. The molecule has 3 heteroatoms. The van der Waals surface area contributed by atoms with Crippen LogP contribution in [-0.2, 0) is 12.8 Å². The minimum atomic E-state index is -0.266. The van der Waals surface area contributed by atoms with E-state index < -0.39 is 0 Å². The van der Waals surface area contributed by atoms with Crippen LogP contribution in [-0.4, -0.2) is 0 Å². The second-order valence-corrected chi connectivity index (χ2v) is 5.30. The SMILES string of the molecule is Cc1ccc2oc(=O)c3c4c(oc3c2c1)CCCC4. The summed E-state index contributed by atoms with van der Waals surface area (Å²) >= 11 is 0. The molecule has 1 aliphatic rings. The number of fused-ring (bicyclic) bond motifs is 5. The van der Waals surface area contributed by atoms with E-state index in [-0.39, 0.29) is 5.63 Å². The molecule has 0 bridgehead atoms. The number of furan rings is 1. The Hall–Kier alpha value is -2.03. The normalized spacial score (nSPS) is 15.0. The molecule has 96 valence electrons. The molecule has 0 unspecified atom stereocenters. The van der Waals surface area contributed by atoms with Crippen LogP contribution in [0, 0.1) is 6.92 Å². The van der Waals surface area contributed by atoms with E-state index in [0.29, 0.717) is 16.6 Å². The van der Waals surface area contributed by atoms with Crippen LogP contribution in [0.1, 0.15) is 29.7 Å². The Morgan fingerprint density at radius 3 is 2.84 bits per heavy atom. The van der Waals surface area contributed by atoms with Crippen molar-refractivity contribution >= 4 is 21.9 Å². The lowest BCUT2D eigenvalue weighted by Crippen LogP contribution is -2.04. The van der Waals surface area contributed by atoms with Gasteiger partial charge < -0.3 is 8.83 Å². The van der Waals surface area contributed by atoms with Gasteiger partial charge in [0.1, 0.15) is 16.7 Å². The average Bonchev–Trinajstić information content (AvgIpc) is 2.80. The van der Waals surface area contributed by atoms with Gasteiger partial charge in [-0.2, -0.15) is 0 Å². The molecule has 0 aliphatic heterocycles. The fourth-order valence-electron chi connectivity index (χ4n) is 3.03. The molecule has 3 aromatic rings. The van der Waals surface area contributed by atoms with Crippen LogP contribution in [0.3, 0.4) is 0 Å². The number of rotatable bonds is 0. The van der Waals surface area contributed by atoms with Gasteiger partial charge in [-0.1, -0.05) is 11.6 Å². The third kappa shape index (κ3) is 1.47. The van der Waals surface area contributed by atoms with Crippen molar-refractivity contribution in [2.75, 3.05) is 0 Å². The molecule has 0 N–H and O–H groups in total. The van der Waals surface area contributed by atoms with Gasteiger partial charge in [-0.15, -0.1) is 0 Å². The highest BCUT2D eigenvalue weighted by atomic mass is 16.4. The first kappa shape index (κ1) is 10.9. The van der Waals surface area contributed by atoms with Gasteiger partial charge in [0.25, 0.3) is 0 Å². The second-order valence-electron chi connectivity index (χ2n) is 5.30. The average molecular weight is 254 g/mol. The highest BCUT2D eigenvalue weighted by Gasteiger charge is 2.22. The Morgan fingerprint density at radius 2 is 1.95 bits per heavy atom. The second kappa shape index (κ2) is 3.73. The molecule has 1 aromatic carbocycles. The first-order chi connectivity index (χ1) is 9.24. The molecular formula is C16H14O3. The molecule has 0 fully saturated rings. The zero-order valence-electron chi connectivity index (χ0n) is 10.8. The predicted molar refractivity (Wildman–Crippen MR) is 73.6 cm³/mol. The maximum atomic E-state index is 12.2. The van der Waals surface area contributed by atoms with E-state index in [1.807, 2.05) is 25.1 Å². The zero-order chi connectivity index (χ0) is 13.0. The lowest BCUT2D eigenvalue weighted by Gasteiger charge is -2.07. The van der Waals surface area contributed by atoms with E-state index >= 15 is 0 Å². The molecule has 4 rings (SSSR count). The molecular weight excluding hydrogens is 240 g/mol. The summed E-state index contributed by atoms with van der Waals surface area (Å²) in [6, 6.07) is 5.81. The van der Waals surface area contributed by atoms with Crippen LogP contribution in [0.5, 0.6) is 0 Å². The highest BCUT2D eigenvalue weighted by molar-refractivity contribution is 6.02. The molecule has 2 aromatic heterocycles. The standard InChI is InChI=1S/C16H14O3/c1-9-6-7-13-11(8-9)15-14(16(17)19-13)10-4-2-3-5-12(10)18-15/h6-8H,2-5H2,1H3. The summed E-state index contributed by atoms with van der Waals surface area (Å²) in [4.78, 5) is 12.2. The van der Waals surface area contributed by atoms with E-state index in [0.717, 1.165) is 48.0 Å². The maximum Gasteiger partial charge on any atom is 0.347 e. The van der Waals surface area contributed by atoms with Crippen molar-refractivity contribution in [3.63, 3.8) is 0 Å². The molecule has 0 saturated heterocycles. The van der Waals surface area contributed by atoms with Crippen molar-refractivity contribution < 1.29 is 8.83 Å². The summed E-state index contributed by atoms with van der Waals surface area (Å²) in [7, 11) is 0. The predicted octanol–water partition coefficient (Wildman–Crippen LogP) is 3.73. The van der Waals surface area contributed by atoms with Crippen LogP contribution in [0.15, 0.2) is 31.8 Å². The van der Waals surface area contributed by atoms with Crippen LogP contribution in [0.2, 0.25) is 0 Å². The van der Waals surface area contributed by atoms with Crippen LogP contribution in [0.4, 0.5) is 0 Å². The van der Waals surface area contributed by atoms with Gasteiger partial charge >= 0.3 is 5.63 Å². The highest BCUT2D eigenvalue weighted by Crippen LogP contribution is 2.34. The molecule has 1 aliphatic carbocycles. The smallest absolute Gasteiger partial charge is 0.347 e. The molecule has 0 spiro atoms. The first-order valence-electron chi connectivity index (χ1n) is 6.72. The van der Waals surface area contributed by atoms with Crippen LogP contribution >= 0.6 is 0 Å². The van der Waals surface area contributed by atoms with Gasteiger partial charge in [0.2, 0.25) is 0 Å². The quantitative estimate of drug-likeness (QED) is 0.574. The molecule has 19 heavy (non-hydrogen) atoms. The van der Waals surface area contributed by atoms with Gasteiger partial charge in [0.05, 0.1) is 5.39 Å². The Labute approximate surface area is 109 Å². The number of aryl methyl sites for hydroxylation is 3. The van der Waals surface area contributed by atoms with Crippen molar-refractivity contribution in [3.05, 3.63) is 45.5 Å². The summed E-state index contributed by atoms with van der Waals surface area (Å²) in [5.74, 6) is 0.975. The summed E-state index contributed by atoms with van der Waals surface area (Å²) in [5.41, 5.74) is 3.25.